The predicted octanol–water partition coefficient (Wildman–Crippen LogP) is 2.98. The zero-order valence-corrected chi connectivity index (χ0v) is 13.6. The van der Waals surface area contributed by atoms with Crippen molar-refractivity contribution in [3.05, 3.63) is 35.9 Å². The molecule has 3 heteroatoms. The van der Waals surface area contributed by atoms with E-state index < -0.39 is 0 Å². The van der Waals surface area contributed by atoms with Gasteiger partial charge in [-0.3, -0.25) is 4.90 Å². The zero-order chi connectivity index (χ0) is 14.9. The first-order valence-electron chi connectivity index (χ1n) is 8.13. The van der Waals surface area contributed by atoms with Gasteiger partial charge in [-0.15, -0.1) is 0 Å². The molecule has 3 rings (SSSR count). The largest absolute Gasteiger partial charge is 0.377 e. The fraction of sp³-hybridized carbons (Fsp3) is 0.667. The van der Waals surface area contributed by atoms with Crippen molar-refractivity contribution in [3.8, 4) is 0 Å². The Bertz CT molecular complexity index is 462. The molecule has 1 N–H and O–H groups in total. The Morgan fingerprint density at radius 3 is 2.52 bits per heavy atom. The lowest BCUT2D eigenvalue weighted by Gasteiger charge is -2.50. The minimum atomic E-state index is 0.0977. The molecule has 1 atom stereocenters. The average molecular weight is 288 g/mol. The van der Waals surface area contributed by atoms with Gasteiger partial charge in [0.05, 0.1) is 5.60 Å². The van der Waals surface area contributed by atoms with Crippen LogP contribution in [0.5, 0.6) is 0 Å². The van der Waals surface area contributed by atoms with Gasteiger partial charge in [0.15, 0.2) is 0 Å². The molecule has 1 aromatic carbocycles. The molecule has 1 aliphatic heterocycles. The topological polar surface area (TPSA) is 24.5 Å². The first kappa shape index (κ1) is 15.0. The quantitative estimate of drug-likeness (QED) is 0.922. The SMILES string of the molecule is COC1(CN2CC(C)(C)NCC2c2ccccc2)CCC1. The highest BCUT2D eigenvalue weighted by molar-refractivity contribution is 5.21. The second-order valence-corrected chi connectivity index (χ2v) is 7.34. The van der Waals surface area contributed by atoms with E-state index in [4.69, 9.17) is 4.74 Å². The Balaban J connectivity index is 1.80. The summed E-state index contributed by atoms with van der Waals surface area (Å²) in [6.07, 6.45) is 3.71. The number of hydrogen-bond acceptors (Lipinski definition) is 3. The van der Waals surface area contributed by atoms with Gasteiger partial charge < -0.3 is 10.1 Å². The van der Waals surface area contributed by atoms with Crippen LogP contribution in [0.1, 0.15) is 44.7 Å². The van der Waals surface area contributed by atoms with Gasteiger partial charge in [-0.1, -0.05) is 30.3 Å². The maximum absolute atomic E-state index is 5.87. The van der Waals surface area contributed by atoms with Gasteiger partial charge in [-0.25, -0.2) is 0 Å². The molecule has 0 spiro atoms. The molecular weight excluding hydrogens is 260 g/mol. The van der Waals surface area contributed by atoms with Crippen LogP contribution in [0.4, 0.5) is 0 Å². The summed E-state index contributed by atoms with van der Waals surface area (Å²) in [7, 11) is 1.88. The van der Waals surface area contributed by atoms with Crippen molar-refractivity contribution < 1.29 is 4.74 Å². The molecule has 1 unspecified atom stereocenters. The number of piperazine rings is 1. The minimum Gasteiger partial charge on any atom is -0.377 e. The Kier molecular flexibility index (Phi) is 4.08. The minimum absolute atomic E-state index is 0.0977. The molecule has 0 bridgehead atoms. The molecule has 3 nitrogen and oxygen atoms in total. The average Bonchev–Trinajstić information content (AvgIpc) is 2.43. The molecule has 0 amide bonds. The van der Waals surface area contributed by atoms with E-state index >= 15 is 0 Å². The van der Waals surface area contributed by atoms with E-state index in [2.05, 4.69) is 54.4 Å². The van der Waals surface area contributed by atoms with Crippen LogP contribution in [0.2, 0.25) is 0 Å². The fourth-order valence-corrected chi connectivity index (χ4v) is 3.71. The third kappa shape index (κ3) is 3.15. The standard InChI is InChI=1S/C18H28N2O/c1-17(2)13-20(14-18(21-3)10-7-11-18)16(12-19-17)15-8-5-4-6-9-15/h4-6,8-9,16,19H,7,10-14H2,1-3H3. The summed E-state index contributed by atoms with van der Waals surface area (Å²) in [5.74, 6) is 0. The van der Waals surface area contributed by atoms with Gasteiger partial charge >= 0.3 is 0 Å². The van der Waals surface area contributed by atoms with Crippen molar-refractivity contribution in [1.82, 2.24) is 10.2 Å². The summed E-state index contributed by atoms with van der Waals surface area (Å²) >= 11 is 0. The number of nitrogens with one attached hydrogen (secondary N) is 1. The van der Waals surface area contributed by atoms with Crippen molar-refractivity contribution in [2.75, 3.05) is 26.7 Å². The number of hydrogen-bond donors (Lipinski definition) is 1. The molecule has 2 fully saturated rings. The molecule has 21 heavy (non-hydrogen) atoms. The molecule has 0 radical (unpaired) electrons. The monoisotopic (exact) mass is 288 g/mol. The summed E-state index contributed by atoms with van der Waals surface area (Å²) in [5.41, 5.74) is 1.68. The summed E-state index contributed by atoms with van der Waals surface area (Å²) < 4.78 is 5.87. The maximum atomic E-state index is 5.87. The van der Waals surface area contributed by atoms with E-state index in [1.807, 2.05) is 7.11 Å². The molecule has 1 aromatic rings. The van der Waals surface area contributed by atoms with Crippen LogP contribution < -0.4 is 5.32 Å². The predicted molar refractivity (Wildman–Crippen MR) is 86.4 cm³/mol. The molecule has 1 aliphatic carbocycles. The third-order valence-corrected chi connectivity index (χ3v) is 5.19. The normalized spacial score (nSPS) is 28.0. The van der Waals surface area contributed by atoms with Crippen LogP contribution in [-0.2, 0) is 4.74 Å². The van der Waals surface area contributed by atoms with Crippen LogP contribution in [-0.4, -0.2) is 42.8 Å². The van der Waals surface area contributed by atoms with Gasteiger partial charge in [0.25, 0.3) is 0 Å². The van der Waals surface area contributed by atoms with E-state index in [0.717, 1.165) is 19.6 Å². The Morgan fingerprint density at radius 2 is 1.95 bits per heavy atom. The summed E-state index contributed by atoms with van der Waals surface area (Å²) in [5, 5.41) is 3.69. The van der Waals surface area contributed by atoms with Gasteiger partial charge in [-0.2, -0.15) is 0 Å². The van der Waals surface area contributed by atoms with Gasteiger partial charge in [0.1, 0.15) is 0 Å². The van der Waals surface area contributed by atoms with E-state index in [-0.39, 0.29) is 11.1 Å². The maximum Gasteiger partial charge on any atom is 0.0805 e. The first-order valence-corrected chi connectivity index (χ1v) is 8.13. The van der Waals surface area contributed by atoms with Crippen molar-refractivity contribution in [3.63, 3.8) is 0 Å². The number of rotatable bonds is 4. The number of benzene rings is 1. The molecular formula is C18H28N2O. The molecule has 0 aromatic heterocycles. The number of methoxy groups -OCH3 is 1. The van der Waals surface area contributed by atoms with Crippen LogP contribution in [0.25, 0.3) is 0 Å². The van der Waals surface area contributed by atoms with Crippen LogP contribution in [0, 0.1) is 0 Å². The Hall–Kier alpha value is -0.900. The molecule has 2 aliphatic rings. The van der Waals surface area contributed by atoms with E-state index in [9.17, 15) is 0 Å². The molecule has 1 saturated carbocycles. The smallest absolute Gasteiger partial charge is 0.0805 e. The second kappa shape index (κ2) is 5.71. The van der Waals surface area contributed by atoms with E-state index in [1.54, 1.807) is 0 Å². The summed E-state index contributed by atoms with van der Waals surface area (Å²) in [6.45, 7) is 7.71. The lowest BCUT2D eigenvalue weighted by molar-refractivity contribution is -0.105. The molecule has 116 valence electrons. The van der Waals surface area contributed by atoms with Crippen molar-refractivity contribution in [2.24, 2.45) is 0 Å². The van der Waals surface area contributed by atoms with E-state index in [0.29, 0.717) is 6.04 Å². The van der Waals surface area contributed by atoms with Crippen LogP contribution >= 0.6 is 0 Å². The Morgan fingerprint density at radius 1 is 1.24 bits per heavy atom. The zero-order valence-electron chi connectivity index (χ0n) is 13.6. The highest BCUT2D eigenvalue weighted by Gasteiger charge is 2.43. The van der Waals surface area contributed by atoms with E-state index in [1.165, 1.54) is 24.8 Å². The number of nitrogens with zero attached hydrogens (tertiary/aromatic N) is 1. The number of ether oxygens (including phenoxy) is 1. The van der Waals surface area contributed by atoms with Gasteiger partial charge in [0, 0.05) is 38.3 Å². The summed E-state index contributed by atoms with van der Waals surface area (Å²) in [6, 6.07) is 11.3. The first-order chi connectivity index (χ1) is 10.0. The van der Waals surface area contributed by atoms with Crippen LogP contribution in [0.15, 0.2) is 30.3 Å². The highest BCUT2D eigenvalue weighted by Crippen LogP contribution is 2.38. The van der Waals surface area contributed by atoms with Gasteiger partial charge in [-0.05, 0) is 38.7 Å². The lowest BCUT2D eigenvalue weighted by Crippen LogP contribution is -2.62. The van der Waals surface area contributed by atoms with Crippen LogP contribution in [0.3, 0.4) is 0 Å². The molecule has 1 heterocycles. The highest BCUT2D eigenvalue weighted by atomic mass is 16.5. The second-order valence-electron chi connectivity index (χ2n) is 7.34. The van der Waals surface area contributed by atoms with Gasteiger partial charge in [0.2, 0.25) is 0 Å². The van der Waals surface area contributed by atoms with Crippen molar-refractivity contribution >= 4 is 0 Å². The van der Waals surface area contributed by atoms with Crippen molar-refractivity contribution in [1.29, 1.82) is 0 Å². The molecule has 1 saturated heterocycles. The van der Waals surface area contributed by atoms with Crippen molar-refractivity contribution in [2.45, 2.75) is 50.3 Å². The summed E-state index contributed by atoms with van der Waals surface area (Å²) in [4.78, 5) is 2.63. The fourth-order valence-electron chi connectivity index (χ4n) is 3.71. The third-order valence-electron chi connectivity index (χ3n) is 5.19. The Labute approximate surface area is 128 Å². The lowest BCUT2D eigenvalue weighted by atomic mass is 9.78.